The smallest absolute Gasteiger partial charge is 0.120 e. The number of hydrogen-bond acceptors (Lipinski definition) is 2. The van der Waals surface area contributed by atoms with E-state index < -0.39 is 0 Å². The van der Waals surface area contributed by atoms with Crippen molar-refractivity contribution in [2.75, 3.05) is 13.2 Å². The quantitative estimate of drug-likeness (QED) is 0.864. The van der Waals surface area contributed by atoms with Gasteiger partial charge in [-0.05, 0) is 37.1 Å². The topological polar surface area (TPSA) is 45.2 Å². The summed E-state index contributed by atoms with van der Waals surface area (Å²) in [6, 6.07) is 5.96. The molecule has 0 amide bonds. The number of nitrogens with one attached hydrogen (secondary N) is 1. The van der Waals surface area contributed by atoms with Crippen molar-refractivity contribution in [3.05, 3.63) is 30.0 Å². The molecular formula is C12H16ClNO2. The highest BCUT2D eigenvalue weighted by Gasteiger charge is 2.04. The van der Waals surface area contributed by atoms with E-state index in [9.17, 15) is 0 Å². The summed E-state index contributed by atoms with van der Waals surface area (Å²) in [7, 11) is 0. The minimum absolute atomic E-state index is 0. The van der Waals surface area contributed by atoms with Crippen LogP contribution in [0.2, 0.25) is 0 Å². The molecule has 2 rings (SSSR count). The highest BCUT2D eigenvalue weighted by Crippen LogP contribution is 2.23. The predicted molar refractivity (Wildman–Crippen MR) is 67.5 cm³/mol. The molecule has 0 atom stereocenters. The van der Waals surface area contributed by atoms with Gasteiger partial charge in [0.15, 0.2) is 0 Å². The van der Waals surface area contributed by atoms with Crippen molar-refractivity contribution in [1.29, 1.82) is 0 Å². The summed E-state index contributed by atoms with van der Waals surface area (Å²) in [5, 5.41) is 10.1. The van der Waals surface area contributed by atoms with Gasteiger partial charge in [0.25, 0.3) is 0 Å². The lowest BCUT2D eigenvalue weighted by Gasteiger charge is -2.03. The summed E-state index contributed by atoms with van der Waals surface area (Å²) in [5.74, 6) is 0.879. The van der Waals surface area contributed by atoms with E-state index in [1.165, 1.54) is 0 Å². The molecule has 1 aromatic heterocycles. The Morgan fingerprint density at radius 1 is 1.38 bits per heavy atom. The van der Waals surface area contributed by atoms with Crippen molar-refractivity contribution in [2.24, 2.45) is 0 Å². The van der Waals surface area contributed by atoms with Crippen LogP contribution in [0.4, 0.5) is 0 Å². The second kappa shape index (κ2) is 5.77. The normalized spacial score (nSPS) is 10.1. The SMILES string of the molecule is CCOc1ccc2[nH]cc(CCO)c2c1.Cl. The number of ether oxygens (including phenoxy) is 1. The molecule has 0 fully saturated rings. The molecule has 0 unspecified atom stereocenters. The van der Waals surface area contributed by atoms with E-state index in [1.54, 1.807) is 0 Å². The number of fused-ring (bicyclic) bond motifs is 1. The average molecular weight is 242 g/mol. The van der Waals surface area contributed by atoms with E-state index in [0.717, 1.165) is 22.2 Å². The molecule has 16 heavy (non-hydrogen) atoms. The highest BCUT2D eigenvalue weighted by molar-refractivity contribution is 5.85. The van der Waals surface area contributed by atoms with Crippen LogP contribution in [-0.4, -0.2) is 23.3 Å². The van der Waals surface area contributed by atoms with Crippen molar-refractivity contribution < 1.29 is 9.84 Å². The lowest BCUT2D eigenvalue weighted by molar-refractivity contribution is 0.300. The van der Waals surface area contributed by atoms with Gasteiger partial charge >= 0.3 is 0 Å². The molecule has 2 aromatic rings. The average Bonchev–Trinajstić information content (AvgIpc) is 2.63. The zero-order chi connectivity index (χ0) is 10.7. The molecule has 0 aliphatic carbocycles. The van der Waals surface area contributed by atoms with Gasteiger partial charge < -0.3 is 14.8 Å². The molecular weight excluding hydrogens is 226 g/mol. The lowest BCUT2D eigenvalue weighted by Crippen LogP contribution is -1.91. The van der Waals surface area contributed by atoms with E-state index in [4.69, 9.17) is 9.84 Å². The third-order valence-electron chi connectivity index (χ3n) is 2.43. The maximum absolute atomic E-state index is 8.93. The van der Waals surface area contributed by atoms with Crippen LogP contribution in [0.15, 0.2) is 24.4 Å². The third kappa shape index (κ3) is 2.49. The number of halogens is 1. The van der Waals surface area contributed by atoms with Crippen LogP contribution in [0.25, 0.3) is 10.9 Å². The highest BCUT2D eigenvalue weighted by atomic mass is 35.5. The van der Waals surface area contributed by atoms with Crippen LogP contribution in [0.3, 0.4) is 0 Å². The Morgan fingerprint density at radius 3 is 2.88 bits per heavy atom. The van der Waals surface area contributed by atoms with Gasteiger partial charge in [0.1, 0.15) is 5.75 Å². The predicted octanol–water partition coefficient (Wildman–Crippen LogP) is 2.52. The van der Waals surface area contributed by atoms with Gasteiger partial charge in [-0.2, -0.15) is 0 Å². The number of aliphatic hydroxyl groups is 1. The first-order valence-electron chi connectivity index (χ1n) is 5.19. The molecule has 0 spiro atoms. The Hall–Kier alpha value is -1.19. The van der Waals surface area contributed by atoms with Crippen LogP contribution in [0.5, 0.6) is 5.75 Å². The number of aliphatic hydroxyl groups excluding tert-OH is 1. The third-order valence-corrected chi connectivity index (χ3v) is 2.43. The second-order valence-electron chi connectivity index (χ2n) is 3.43. The van der Waals surface area contributed by atoms with E-state index in [1.807, 2.05) is 31.3 Å². The molecule has 4 heteroatoms. The molecule has 0 saturated carbocycles. The molecule has 88 valence electrons. The monoisotopic (exact) mass is 241 g/mol. The fourth-order valence-corrected chi connectivity index (χ4v) is 1.74. The van der Waals surface area contributed by atoms with Crippen LogP contribution in [0, 0.1) is 0 Å². The lowest BCUT2D eigenvalue weighted by atomic mass is 10.1. The zero-order valence-corrected chi connectivity index (χ0v) is 10.0. The van der Waals surface area contributed by atoms with Crippen LogP contribution < -0.4 is 4.74 Å². The maximum Gasteiger partial charge on any atom is 0.120 e. The first-order chi connectivity index (χ1) is 7.35. The molecule has 1 aromatic carbocycles. The molecule has 0 bridgehead atoms. The van der Waals surface area contributed by atoms with Gasteiger partial charge in [-0.25, -0.2) is 0 Å². The van der Waals surface area contributed by atoms with Crippen molar-refractivity contribution in [3.63, 3.8) is 0 Å². The maximum atomic E-state index is 8.93. The van der Waals surface area contributed by atoms with Crippen molar-refractivity contribution in [2.45, 2.75) is 13.3 Å². The Morgan fingerprint density at radius 2 is 2.19 bits per heavy atom. The van der Waals surface area contributed by atoms with E-state index in [0.29, 0.717) is 13.0 Å². The van der Waals surface area contributed by atoms with E-state index >= 15 is 0 Å². The van der Waals surface area contributed by atoms with Gasteiger partial charge in [0.05, 0.1) is 6.61 Å². The van der Waals surface area contributed by atoms with Gasteiger partial charge in [0, 0.05) is 23.7 Å². The Kier molecular flexibility index (Phi) is 4.65. The Bertz CT molecular complexity index is 453. The minimum atomic E-state index is 0. The van der Waals surface area contributed by atoms with Crippen molar-refractivity contribution in [3.8, 4) is 5.75 Å². The fraction of sp³-hybridized carbons (Fsp3) is 0.333. The number of hydrogen-bond donors (Lipinski definition) is 2. The number of H-pyrrole nitrogens is 1. The number of aromatic amines is 1. The first-order valence-corrected chi connectivity index (χ1v) is 5.19. The standard InChI is InChI=1S/C12H15NO2.ClH/c1-2-15-10-3-4-12-11(7-10)9(5-6-14)8-13-12;/h3-4,7-8,13-14H,2,5-6H2,1H3;1H. The molecule has 0 aliphatic heterocycles. The van der Waals surface area contributed by atoms with Crippen LogP contribution in [0.1, 0.15) is 12.5 Å². The fourth-order valence-electron chi connectivity index (χ4n) is 1.74. The summed E-state index contributed by atoms with van der Waals surface area (Å²) >= 11 is 0. The van der Waals surface area contributed by atoms with Crippen LogP contribution >= 0.6 is 12.4 Å². The summed E-state index contributed by atoms with van der Waals surface area (Å²) in [5.41, 5.74) is 2.22. The first kappa shape index (κ1) is 12.9. The van der Waals surface area contributed by atoms with E-state index in [2.05, 4.69) is 4.98 Å². The molecule has 0 radical (unpaired) electrons. The molecule has 1 heterocycles. The summed E-state index contributed by atoms with van der Waals surface area (Å²) in [4.78, 5) is 3.18. The molecule has 3 nitrogen and oxygen atoms in total. The Balaban J connectivity index is 0.00000128. The Labute approximate surface area is 101 Å². The zero-order valence-electron chi connectivity index (χ0n) is 9.19. The molecule has 0 saturated heterocycles. The summed E-state index contributed by atoms with van der Waals surface area (Å²) in [6.45, 7) is 2.81. The van der Waals surface area contributed by atoms with Crippen molar-refractivity contribution >= 4 is 23.3 Å². The van der Waals surface area contributed by atoms with Gasteiger partial charge in [-0.15, -0.1) is 12.4 Å². The summed E-state index contributed by atoms with van der Waals surface area (Å²) in [6.07, 6.45) is 2.62. The van der Waals surface area contributed by atoms with Crippen molar-refractivity contribution in [1.82, 2.24) is 4.98 Å². The number of rotatable bonds is 4. The summed E-state index contributed by atoms with van der Waals surface area (Å²) < 4.78 is 5.44. The second-order valence-corrected chi connectivity index (χ2v) is 3.43. The number of aromatic nitrogens is 1. The molecule has 0 aliphatic rings. The molecule has 2 N–H and O–H groups in total. The van der Waals surface area contributed by atoms with Crippen LogP contribution in [-0.2, 0) is 6.42 Å². The van der Waals surface area contributed by atoms with E-state index in [-0.39, 0.29) is 19.0 Å². The largest absolute Gasteiger partial charge is 0.494 e. The number of benzene rings is 1. The van der Waals surface area contributed by atoms with Gasteiger partial charge in [-0.3, -0.25) is 0 Å². The van der Waals surface area contributed by atoms with Gasteiger partial charge in [0.2, 0.25) is 0 Å². The minimum Gasteiger partial charge on any atom is -0.494 e. The van der Waals surface area contributed by atoms with Gasteiger partial charge in [-0.1, -0.05) is 0 Å².